The fourth-order valence-corrected chi connectivity index (χ4v) is 6.90. The molecule has 1 heterocycles. The van der Waals surface area contributed by atoms with E-state index in [2.05, 4.69) is 151 Å². The third-order valence-corrected chi connectivity index (χ3v) is 9.30. The van der Waals surface area contributed by atoms with Crippen LogP contribution in [0.25, 0.3) is 44.4 Å². The van der Waals surface area contributed by atoms with Crippen LogP contribution in [0.1, 0.15) is 22.3 Å². The Morgan fingerprint density at radius 3 is 1.73 bits per heavy atom. The first-order valence-electron chi connectivity index (χ1n) is 15.3. The van der Waals surface area contributed by atoms with E-state index < -0.39 is 0 Å². The van der Waals surface area contributed by atoms with Crippen molar-refractivity contribution < 1.29 is 0 Å². The van der Waals surface area contributed by atoms with Crippen LogP contribution in [0.15, 0.2) is 140 Å². The highest BCUT2D eigenvalue weighted by atomic mass is 15.1. The molecule has 2 nitrogen and oxygen atoms in total. The Morgan fingerprint density at radius 2 is 1.07 bits per heavy atom. The smallest absolute Gasteiger partial charge is 0.150 e. The van der Waals surface area contributed by atoms with Crippen LogP contribution in [-0.2, 0) is 6.42 Å². The van der Waals surface area contributed by atoms with Gasteiger partial charge < -0.3 is 0 Å². The normalized spacial score (nSPS) is 11.8. The van der Waals surface area contributed by atoms with Gasteiger partial charge in [-0.3, -0.25) is 0 Å². The number of hydrogen-bond donors (Lipinski definition) is 0. The van der Waals surface area contributed by atoms with Crippen molar-refractivity contribution in [2.24, 2.45) is 0 Å². The molecule has 0 atom stereocenters. The molecular weight excluding hydrogens is 531 g/mol. The fourth-order valence-electron chi connectivity index (χ4n) is 6.90. The van der Waals surface area contributed by atoms with Crippen LogP contribution in [0.4, 0.5) is 0 Å². The number of hydrogen-bond acceptors (Lipinski definition) is 2. The van der Waals surface area contributed by atoms with Crippen molar-refractivity contribution in [3.8, 4) is 33.5 Å². The van der Waals surface area contributed by atoms with E-state index in [1.54, 1.807) is 0 Å². The predicted molar refractivity (Wildman–Crippen MR) is 186 cm³/mol. The number of benzene rings is 6. The third-order valence-electron chi connectivity index (χ3n) is 9.30. The highest BCUT2D eigenvalue weighted by Crippen LogP contribution is 2.40. The molecule has 0 saturated carbocycles. The monoisotopic (exact) mass is 562 g/mol. The Kier molecular flexibility index (Phi) is 6.45. The Hall–Kier alpha value is -5.28. The van der Waals surface area contributed by atoms with E-state index in [0.717, 1.165) is 17.6 Å². The largest absolute Gasteiger partial charge is 0.241 e. The number of aryl methyl sites for hydroxylation is 2. The van der Waals surface area contributed by atoms with Gasteiger partial charge in [0.2, 0.25) is 6.71 Å². The van der Waals surface area contributed by atoms with Crippen molar-refractivity contribution in [2.45, 2.75) is 20.3 Å². The zero-order valence-corrected chi connectivity index (χ0v) is 25.0. The van der Waals surface area contributed by atoms with Crippen molar-refractivity contribution in [3.63, 3.8) is 0 Å². The number of rotatable bonds is 5. The van der Waals surface area contributed by atoms with Crippen molar-refractivity contribution >= 4 is 34.0 Å². The van der Waals surface area contributed by atoms with Crippen LogP contribution in [0.5, 0.6) is 0 Å². The van der Waals surface area contributed by atoms with Gasteiger partial charge in [-0.05, 0) is 59.4 Å². The van der Waals surface area contributed by atoms with Gasteiger partial charge in [-0.2, -0.15) is 0 Å². The van der Waals surface area contributed by atoms with E-state index in [4.69, 9.17) is 0 Å². The SMILES string of the molecule is Cc1ccccc1B(c1ccc(-c2ccc(-c3ccc4c(c3)-c3nnc5ccccc5c3C4)cc2)cc1)c1ccccc1C. The first-order chi connectivity index (χ1) is 21.6. The standard InChI is InChI=1S/C41H31BN2/c1-27-9-3-6-12-38(27)42(39-13-7-4-10-28(39)2)34-23-21-30(22-24-34)29-15-17-31(18-16-29)32-19-20-33-26-37-35-11-5-8-14-40(35)43-44-41(37)36(33)25-32/h3-25H,26H2,1-2H3. The van der Waals surface area contributed by atoms with Crippen LogP contribution >= 0.6 is 0 Å². The zero-order valence-electron chi connectivity index (χ0n) is 25.0. The minimum absolute atomic E-state index is 0.196. The molecule has 44 heavy (non-hydrogen) atoms. The van der Waals surface area contributed by atoms with E-state index in [0.29, 0.717) is 0 Å². The average Bonchev–Trinajstić information content (AvgIpc) is 3.46. The van der Waals surface area contributed by atoms with Gasteiger partial charge >= 0.3 is 0 Å². The van der Waals surface area contributed by atoms with Crippen LogP contribution in [0, 0.1) is 13.8 Å². The molecule has 8 rings (SSSR count). The Bertz CT molecular complexity index is 2120. The lowest BCUT2D eigenvalue weighted by Crippen LogP contribution is -2.53. The molecule has 6 aromatic carbocycles. The zero-order chi connectivity index (χ0) is 29.6. The summed E-state index contributed by atoms with van der Waals surface area (Å²) in [4.78, 5) is 0. The third kappa shape index (κ3) is 4.53. The van der Waals surface area contributed by atoms with E-state index >= 15 is 0 Å². The predicted octanol–water partition coefficient (Wildman–Crippen LogP) is 7.67. The summed E-state index contributed by atoms with van der Waals surface area (Å²) in [5, 5.41) is 10.3. The molecule has 0 N–H and O–H groups in total. The van der Waals surface area contributed by atoms with Gasteiger partial charge in [0.25, 0.3) is 0 Å². The summed E-state index contributed by atoms with van der Waals surface area (Å²) in [5.74, 6) is 0. The molecule has 0 spiro atoms. The molecule has 0 fully saturated rings. The first-order valence-corrected chi connectivity index (χ1v) is 15.3. The first kappa shape index (κ1) is 26.4. The maximum Gasteiger partial charge on any atom is 0.241 e. The molecule has 0 unspecified atom stereocenters. The summed E-state index contributed by atoms with van der Waals surface area (Å²) in [5.41, 5.74) is 17.3. The number of nitrogens with zero attached hydrogens (tertiary/aromatic N) is 2. The molecule has 0 amide bonds. The summed E-state index contributed by atoms with van der Waals surface area (Å²) in [6, 6.07) is 50.7. The van der Waals surface area contributed by atoms with Gasteiger partial charge in [0.1, 0.15) is 0 Å². The molecule has 0 bridgehead atoms. The minimum atomic E-state index is 0.196. The summed E-state index contributed by atoms with van der Waals surface area (Å²) in [6.07, 6.45) is 0.907. The van der Waals surface area contributed by atoms with Gasteiger partial charge in [-0.1, -0.05) is 155 Å². The van der Waals surface area contributed by atoms with E-state index in [1.165, 1.54) is 71.8 Å². The fraction of sp³-hybridized carbons (Fsp3) is 0.0732. The second-order valence-corrected chi connectivity index (χ2v) is 11.9. The molecule has 0 radical (unpaired) electrons. The maximum absolute atomic E-state index is 4.63. The second-order valence-electron chi connectivity index (χ2n) is 11.9. The molecule has 1 aliphatic carbocycles. The van der Waals surface area contributed by atoms with Crippen molar-refractivity contribution in [3.05, 3.63) is 162 Å². The molecular formula is C41H31BN2. The lowest BCUT2D eigenvalue weighted by atomic mass is 9.35. The quantitative estimate of drug-likeness (QED) is 0.201. The highest BCUT2D eigenvalue weighted by Gasteiger charge is 2.25. The van der Waals surface area contributed by atoms with E-state index in [9.17, 15) is 0 Å². The van der Waals surface area contributed by atoms with Crippen molar-refractivity contribution in [1.82, 2.24) is 10.2 Å². The minimum Gasteiger partial charge on any atom is -0.150 e. The lowest BCUT2D eigenvalue weighted by molar-refractivity contribution is 1.07. The van der Waals surface area contributed by atoms with Crippen LogP contribution in [0.3, 0.4) is 0 Å². The average molecular weight is 563 g/mol. The second kappa shape index (κ2) is 10.8. The van der Waals surface area contributed by atoms with E-state index in [1.807, 2.05) is 12.1 Å². The van der Waals surface area contributed by atoms with Gasteiger partial charge in [-0.15, -0.1) is 10.2 Å². The summed E-state index contributed by atoms with van der Waals surface area (Å²) < 4.78 is 0. The van der Waals surface area contributed by atoms with Gasteiger partial charge in [-0.25, -0.2) is 0 Å². The summed E-state index contributed by atoms with van der Waals surface area (Å²) in [6.45, 7) is 4.62. The van der Waals surface area contributed by atoms with Crippen molar-refractivity contribution in [1.29, 1.82) is 0 Å². The van der Waals surface area contributed by atoms with Crippen LogP contribution in [-0.4, -0.2) is 16.9 Å². The Balaban J connectivity index is 1.09. The van der Waals surface area contributed by atoms with Crippen LogP contribution in [0.2, 0.25) is 0 Å². The summed E-state index contributed by atoms with van der Waals surface area (Å²) >= 11 is 0. The molecule has 3 heteroatoms. The topological polar surface area (TPSA) is 25.8 Å². The van der Waals surface area contributed by atoms with Gasteiger partial charge in [0, 0.05) is 17.4 Å². The number of fused-ring (bicyclic) bond motifs is 5. The molecule has 0 aliphatic heterocycles. The molecule has 1 aromatic heterocycles. The van der Waals surface area contributed by atoms with Crippen LogP contribution < -0.4 is 16.4 Å². The lowest BCUT2D eigenvalue weighted by Gasteiger charge is -2.20. The maximum atomic E-state index is 4.63. The molecule has 0 saturated heterocycles. The number of aromatic nitrogens is 2. The van der Waals surface area contributed by atoms with E-state index in [-0.39, 0.29) is 6.71 Å². The Morgan fingerprint density at radius 1 is 0.523 bits per heavy atom. The van der Waals surface area contributed by atoms with Crippen molar-refractivity contribution in [2.75, 3.05) is 0 Å². The molecule has 1 aliphatic rings. The molecule has 7 aromatic rings. The highest BCUT2D eigenvalue weighted by molar-refractivity contribution is 6.96. The molecule has 208 valence electrons. The van der Waals surface area contributed by atoms with Gasteiger partial charge in [0.15, 0.2) is 0 Å². The van der Waals surface area contributed by atoms with Gasteiger partial charge in [0.05, 0.1) is 11.2 Å². The Labute approximate surface area is 259 Å². The summed E-state index contributed by atoms with van der Waals surface area (Å²) in [7, 11) is 0.